The van der Waals surface area contributed by atoms with Gasteiger partial charge in [-0.1, -0.05) is 38.1 Å². The number of urea groups is 1. The number of aryl methyl sites for hydroxylation is 1. The topological polar surface area (TPSA) is 53.6 Å². The fourth-order valence-corrected chi connectivity index (χ4v) is 3.41. The molecule has 0 aliphatic carbocycles. The minimum atomic E-state index is -0.0158. The lowest BCUT2D eigenvalue weighted by molar-refractivity contribution is 0.204. The number of carbonyl (C=O) groups excluding carboxylic acids is 1. The largest absolute Gasteiger partial charge is 0.494 e. The lowest BCUT2D eigenvalue weighted by Gasteiger charge is -2.27. The van der Waals surface area contributed by atoms with E-state index in [-0.39, 0.29) is 6.03 Å². The highest BCUT2D eigenvalue weighted by atomic mass is 16.5. The molecule has 2 N–H and O–H groups in total. The zero-order valence-corrected chi connectivity index (χ0v) is 17.6. The zero-order chi connectivity index (χ0) is 20.5. The summed E-state index contributed by atoms with van der Waals surface area (Å²) in [4.78, 5) is 14.1. The van der Waals surface area contributed by atoms with E-state index in [0.717, 1.165) is 63.5 Å². The van der Waals surface area contributed by atoms with E-state index in [9.17, 15) is 4.79 Å². The fraction of sp³-hybridized carbons (Fsp3) is 0.458. The highest BCUT2D eigenvalue weighted by Gasteiger charge is 2.15. The molecule has 0 spiro atoms. The lowest BCUT2D eigenvalue weighted by atomic mass is 10.0. The number of rotatable bonds is 8. The van der Waals surface area contributed by atoms with Crippen LogP contribution in [0.25, 0.3) is 0 Å². The van der Waals surface area contributed by atoms with E-state index in [0.29, 0.717) is 5.92 Å². The van der Waals surface area contributed by atoms with Crippen LogP contribution >= 0.6 is 0 Å². The predicted octanol–water partition coefficient (Wildman–Crippen LogP) is 4.65. The van der Waals surface area contributed by atoms with Gasteiger partial charge in [0.05, 0.1) is 6.61 Å². The van der Waals surface area contributed by atoms with Gasteiger partial charge in [0, 0.05) is 31.9 Å². The van der Waals surface area contributed by atoms with Crippen LogP contribution < -0.4 is 15.4 Å². The van der Waals surface area contributed by atoms with Gasteiger partial charge in [-0.2, -0.15) is 0 Å². The van der Waals surface area contributed by atoms with Crippen LogP contribution in [0.2, 0.25) is 0 Å². The Bertz CT molecular complexity index is 768. The first-order valence-electron chi connectivity index (χ1n) is 10.7. The Morgan fingerprint density at radius 2 is 1.86 bits per heavy atom. The summed E-state index contributed by atoms with van der Waals surface area (Å²) in [5.74, 6) is 1.48. The smallest absolute Gasteiger partial charge is 0.321 e. The summed E-state index contributed by atoms with van der Waals surface area (Å²) in [7, 11) is 0. The van der Waals surface area contributed by atoms with Crippen LogP contribution in [0.4, 0.5) is 10.5 Å². The Morgan fingerprint density at radius 1 is 1.10 bits per heavy atom. The van der Waals surface area contributed by atoms with E-state index in [2.05, 4.69) is 54.8 Å². The first-order valence-corrected chi connectivity index (χ1v) is 10.7. The number of nitrogens with zero attached hydrogens (tertiary/aromatic N) is 1. The van der Waals surface area contributed by atoms with Crippen molar-refractivity contribution in [2.75, 3.05) is 38.1 Å². The Labute approximate surface area is 174 Å². The van der Waals surface area contributed by atoms with Gasteiger partial charge in [-0.25, -0.2) is 4.79 Å². The second-order valence-corrected chi connectivity index (χ2v) is 7.90. The molecule has 1 fully saturated rings. The molecule has 2 aromatic carbocycles. The number of carbonyl (C=O) groups is 1. The molecule has 156 valence electrons. The molecule has 5 heteroatoms. The van der Waals surface area contributed by atoms with Crippen molar-refractivity contribution in [1.82, 2.24) is 10.2 Å². The Hall–Kier alpha value is -2.53. The quantitative estimate of drug-likeness (QED) is 0.640. The first kappa shape index (κ1) is 21.2. The number of nitrogens with one attached hydrogen (secondary N) is 2. The van der Waals surface area contributed by atoms with Crippen molar-refractivity contribution in [3.63, 3.8) is 0 Å². The molecule has 0 atom stereocenters. The molecular weight excluding hydrogens is 362 g/mol. The average molecular weight is 396 g/mol. The minimum Gasteiger partial charge on any atom is -0.494 e. The van der Waals surface area contributed by atoms with Crippen LogP contribution in [0.5, 0.6) is 5.75 Å². The fourth-order valence-electron chi connectivity index (χ4n) is 3.41. The van der Waals surface area contributed by atoms with Crippen molar-refractivity contribution >= 4 is 11.7 Å². The van der Waals surface area contributed by atoms with Crippen molar-refractivity contribution in [2.24, 2.45) is 0 Å². The predicted molar refractivity (Wildman–Crippen MR) is 119 cm³/mol. The Kier molecular flexibility index (Phi) is 7.94. The summed E-state index contributed by atoms with van der Waals surface area (Å²) in [5.41, 5.74) is 3.45. The van der Waals surface area contributed by atoms with Crippen molar-refractivity contribution in [3.05, 3.63) is 59.7 Å². The molecule has 1 aliphatic heterocycles. The normalized spacial score (nSPS) is 14.1. The van der Waals surface area contributed by atoms with E-state index < -0.39 is 0 Å². The van der Waals surface area contributed by atoms with E-state index in [1.807, 2.05) is 23.1 Å². The molecule has 2 aromatic rings. The maximum atomic E-state index is 12.2. The molecule has 3 rings (SSSR count). The molecule has 1 saturated heterocycles. The number of ether oxygens (including phenoxy) is 1. The molecule has 5 nitrogen and oxygen atoms in total. The third-order valence-corrected chi connectivity index (χ3v) is 5.26. The standard InChI is InChI=1S/C24H33N3O2/c1-19(2)21-7-5-8-23(18-21)29-17-4-3-6-20-9-11-22(12-10-20)26-24(28)27-15-13-25-14-16-27/h5,7-12,18-19,25H,3-4,6,13-17H2,1-2H3,(H,26,28). The van der Waals surface area contributed by atoms with Gasteiger partial charge in [0.2, 0.25) is 0 Å². The minimum absolute atomic E-state index is 0.0158. The van der Waals surface area contributed by atoms with E-state index in [1.54, 1.807) is 0 Å². The Morgan fingerprint density at radius 3 is 2.59 bits per heavy atom. The van der Waals surface area contributed by atoms with Crippen LogP contribution in [0.1, 0.15) is 43.7 Å². The van der Waals surface area contributed by atoms with Crippen LogP contribution in [0.3, 0.4) is 0 Å². The lowest BCUT2D eigenvalue weighted by Crippen LogP contribution is -2.48. The molecule has 0 saturated carbocycles. The van der Waals surface area contributed by atoms with Crippen LogP contribution in [-0.4, -0.2) is 43.7 Å². The van der Waals surface area contributed by atoms with Crippen LogP contribution in [-0.2, 0) is 6.42 Å². The third-order valence-electron chi connectivity index (χ3n) is 5.26. The Balaban J connectivity index is 1.36. The summed E-state index contributed by atoms with van der Waals surface area (Å²) in [6.45, 7) is 8.36. The van der Waals surface area contributed by atoms with Crippen LogP contribution in [0, 0.1) is 0 Å². The monoisotopic (exact) mass is 395 g/mol. The number of hydrogen-bond donors (Lipinski definition) is 2. The van der Waals surface area contributed by atoms with Crippen LogP contribution in [0.15, 0.2) is 48.5 Å². The van der Waals surface area contributed by atoms with Gasteiger partial charge >= 0.3 is 6.03 Å². The SMILES string of the molecule is CC(C)c1cccc(OCCCCc2ccc(NC(=O)N3CCNCC3)cc2)c1. The number of benzene rings is 2. The molecule has 2 amide bonds. The highest BCUT2D eigenvalue weighted by molar-refractivity contribution is 5.89. The summed E-state index contributed by atoms with van der Waals surface area (Å²) in [5, 5.41) is 6.24. The van der Waals surface area contributed by atoms with Gasteiger partial charge in [0.15, 0.2) is 0 Å². The number of anilines is 1. The van der Waals surface area contributed by atoms with Crippen molar-refractivity contribution in [1.29, 1.82) is 0 Å². The second-order valence-electron chi connectivity index (χ2n) is 7.90. The zero-order valence-electron chi connectivity index (χ0n) is 17.6. The van der Waals surface area contributed by atoms with Gasteiger partial charge in [0.1, 0.15) is 5.75 Å². The third kappa shape index (κ3) is 6.79. The second kappa shape index (κ2) is 10.9. The number of piperazine rings is 1. The number of amides is 2. The first-order chi connectivity index (χ1) is 14.1. The summed E-state index contributed by atoms with van der Waals surface area (Å²) in [6, 6.07) is 16.5. The number of unbranched alkanes of at least 4 members (excludes halogenated alkanes) is 1. The van der Waals surface area contributed by atoms with Gasteiger partial charge in [-0.15, -0.1) is 0 Å². The van der Waals surface area contributed by atoms with Crippen molar-refractivity contribution in [2.45, 2.75) is 39.0 Å². The highest BCUT2D eigenvalue weighted by Crippen LogP contribution is 2.20. The van der Waals surface area contributed by atoms with Gasteiger partial charge in [0.25, 0.3) is 0 Å². The van der Waals surface area contributed by atoms with Crippen molar-refractivity contribution < 1.29 is 9.53 Å². The van der Waals surface area contributed by atoms with Gasteiger partial charge in [-0.3, -0.25) is 0 Å². The number of hydrogen-bond acceptors (Lipinski definition) is 3. The molecular formula is C24H33N3O2. The van der Waals surface area contributed by atoms with Crippen molar-refractivity contribution in [3.8, 4) is 5.75 Å². The summed E-state index contributed by atoms with van der Waals surface area (Å²) < 4.78 is 5.90. The summed E-state index contributed by atoms with van der Waals surface area (Å²) >= 11 is 0. The molecule has 0 radical (unpaired) electrons. The molecule has 1 aliphatic rings. The molecule has 1 heterocycles. The van der Waals surface area contributed by atoms with E-state index in [1.165, 1.54) is 11.1 Å². The molecule has 0 unspecified atom stereocenters. The summed E-state index contributed by atoms with van der Waals surface area (Å²) in [6.07, 6.45) is 3.12. The van der Waals surface area contributed by atoms with E-state index >= 15 is 0 Å². The maximum absolute atomic E-state index is 12.2. The maximum Gasteiger partial charge on any atom is 0.321 e. The molecule has 0 bridgehead atoms. The molecule has 0 aromatic heterocycles. The van der Waals surface area contributed by atoms with Gasteiger partial charge in [-0.05, 0) is 60.6 Å². The molecule has 29 heavy (non-hydrogen) atoms. The van der Waals surface area contributed by atoms with E-state index in [4.69, 9.17) is 4.74 Å². The van der Waals surface area contributed by atoms with Gasteiger partial charge < -0.3 is 20.3 Å². The average Bonchev–Trinajstić information content (AvgIpc) is 2.75.